The summed E-state index contributed by atoms with van der Waals surface area (Å²) in [4.78, 5) is 29.2. The SMILES string of the molecule is C[C@H](OC(=O)[C@@]12CC[C@@](C)(C(=O)O1)C2(C)C)c1ccccn1. The van der Waals surface area contributed by atoms with E-state index < -0.39 is 28.5 Å². The molecule has 0 aromatic carbocycles. The van der Waals surface area contributed by atoms with Crippen LogP contribution in [0.25, 0.3) is 0 Å². The highest BCUT2D eigenvalue weighted by molar-refractivity contribution is 5.93. The van der Waals surface area contributed by atoms with E-state index in [1.54, 1.807) is 25.3 Å². The van der Waals surface area contributed by atoms with E-state index in [2.05, 4.69) is 4.98 Å². The van der Waals surface area contributed by atoms with Crippen molar-refractivity contribution in [3.8, 4) is 0 Å². The number of carbonyl (C=O) groups is 2. The second-order valence-corrected chi connectivity index (χ2v) is 6.98. The van der Waals surface area contributed by atoms with Gasteiger partial charge >= 0.3 is 11.9 Å². The molecule has 0 radical (unpaired) electrons. The highest BCUT2D eigenvalue weighted by Gasteiger charge is 2.76. The first-order chi connectivity index (χ1) is 10.2. The molecule has 1 aromatic rings. The van der Waals surface area contributed by atoms with E-state index in [0.29, 0.717) is 18.5 Å². The largest absolute Gasteiger partial charge is 0.453 e. The molecule has 0 N–H and O–H groups in total. The number of hydrogen-bond donors (Lipinski definition) is 0. The molecule has 22 heavy (non-hydrogen) atoms. The predicted molar refractivity (Wildman–Crippen MR) is 78.7 cm³/mol. The average Bonchev–Trinajstić information content (AvgIpc) is 2.78. The summed E-state index contributed by atoms with van der Waals surface area (Å²) in [5.74, 6) is -0.767. The standard InChI is InChI=1S/C17H21NO4/c1-11(12-7-5-6-10-18-12)21-14(20)17-9-8-16(4,13(19)22-17)15(17,2)3/h5-7,10-11H,8-9H2,1-4H3/t11-,16-,17+/m0/s1. The normalized spacial score (nSPS) is 33.4. The fraction of sp³-hybridized carbons (Fsp3) is 0.588. The van der Waals surface area contributed by atoms with Gasteiger partial charge in [0.25, 0.3) is 0 Å². The van der Waals surface area contributed by atoms with Gasteiger partial charge in [0.2, 0.25) is 5.60 Å². The number of pyridine rings is 1. The topological polar surface area (TPSA) is 65.5 Å². The predicted octanol–water partition coefficient (Wildman–Crippen LogP) is 2.81. The fourth-order valence-electron chi connectivity index (χ4n) is 3.63. The highest BCUT2D eigenvalue weighted by atomic mass is 16.6. The van der Waals surface area contributed by atoms with Gasteiger partial charge < -0.3 is 9.47 Å². The van der Waals surface area contributed by atoms with Gasteiger partial charge in [-0.15, -0.1) is 0 Å². The molecule has 1 saturated heterocycles. The van der Waals surface area contributed by atoms with Gasteiger partial charge in [0.15, 0.2) is 0 Å². The molecule has 2 bridgehead atoms. The van der Waals surface area contributed by atoms with Gasteiger partial charge in [-0.2, -0.15) is 0 Å². The first kappa shape index (κ1) is 15.0. The maximum Gasteiger partial charge on any atom is 0.351 e. The molecule has 2 heterocycles. The van der Waals surface area contributed by atoms with Crippen LogP contribution in [0.2, 0.25) is 0 Å². The quantitative estimate of drug-likeness (QED) is 0.803. The van der Waals surface area contributed by atoms with Crippen LogP contribution < -0.4 is 0 Å². The van der Waals surface area contributed by atoms with Crippen LogP contribution in [0.15, 0.2) is 24.4 Å². The molecule has 3 atom stereocenters. The van der Waals surface area contributed by atoms with Crippen molar-refractivity contribution in [2.75, 3.05) is 0 Å². The second kappa shape index (κ2) is 4.54. The molecule has 2 aliphatic rings. The minimum atomic E-state index is -1.18. The molecule has 3 rings (SSSR count). The van der Waals surface area contributed by atoms with Crippen molar-refractivity contribution in [3.05, 3.63) is 30.1 Å². The second-order valence-electron chi connectivity index (χ2n) is 6.98. The third-order valence-electron chi connectivity index (χ3n) is 5.80. The molecule has 118 valence electrons. The monoisotopic (exact) mass is 303 g/mol. The van der Waals surface area contributed by atoms with Gasteiger partial charge in [-0.1, -0.05) is 19.9 Å². The zero-order chi connectivity index (χ0) is 16.2. The van der Waals surface area contributed by atoms with Crippen molar-refractivity contribution in [3.63, 3.8) is 0 Å². The first-order valence-corrected chi connectivity index (χ1v) is 7.60. The van der Waals surface area contributed by atoms with E-state index in [-0.39, 0.29) is 5.97 Å². The van der Waals surface area contributed by atoms with Crippen molar-refractivity contribution < 1.29 is 19.1 Å². The molecule has 1 aromatic heterocycles. The van der Waals surface area contributed by atoms with Gasteiger partial charge in [-0.3, -0.25) is 9.78 Å². The van der Waals surface area contributed by atoms with Crippen LogP contribution in [0.5, 0.6) is 0 Å². The van der Waals surface area contributed by atoms with Gasteiger partial charge in [-0.05, 0) is 38.8 Å². The van der Waals surface area contributed by atoms with E-state index in [1.807, 2.05) is 26.8 Å². The lowest BCUT2D eigenvalue weighted by atomic mass is 9.66. The van der Waals surface area contributed by atoms with Gasteiger partial charge in [0.05, 0.1) is 11.1 Å². The Kier molecular flexibility index (Phi) is 3.10. The lowest BCUT2D eigenvalue weighted by molar-refractivity contribution is -0.187. The minimum Gasteiger partial charge on any atom is -0.453 e. The Morgan fingerprint density at radius 2 is 2.05 bits per heavy atom. The number of rotatable bonds is 3. The number of hydrogen-bond acceptors (Lipinski definition) is 5. The molecule has 1 aliphatic carbocycles. The summed E-state index contributed by atoms with van der Waals surface area (Å²) in [6, 6.07) is 5.46. The van der Waals surface area contributed by atoms with Crippen LogP contribution in [0.4, 0.5) is 0 Å². The lowest BCUT2D eigenvalue weighted by Crippen LogP contribution is -2.49. The van der Waals surface area contributed by atoms with E-state index >= 15 is 0 Å². The van der Waals surface area contributed by atoms with Crippen LogP contribution in [-0.4, -0.2) is 22.5 Å². The Bertz CT molecular complexity index is 627. The molecule has 5 nitrogen and oxygen atoms in total. The van der Waals surface area contributed by atoms with E-state index in [0.717, 1.165) is 0 Å². The summed E-state index contributed by atoms with van der Waals surface area (Å²) < 4.78 is 11.1. The van der Waals surface area contributed by atoms with Crippen molar-refractivity contribution in [2.45, 2.75) is 52.2 Å². The minimum absolute atomic E-state index is 0.300. The Morgan fingerprint density at radius 1 is 1.32 bits per heavy atom. The van der Waals surface area contributed by atoms with Crippen LogP contribution in [0, 0.1) is 10.8 Å². The van der Waals surface area contributed by atoms with Gasteiger partial charge in [0, 0.05) is 11.6 Å². The number of aromatic nitrogens is 1. The number of fused-ring (bicyclic) bond motifs is 2. The van der Waals surface area contributed by atoms with Crippen LogP contribution in [0.1, 0.15) is 52.3 Å². The lowest BCUT2D eigenvalue weighted by Gasteiger charge is -2.35. The van der Waals surface area contributed by atoms with E-state index in [1.165, 1.54) is 0 Å². The number of carbonyl (C=O) groups excluding carboxylic acids is 2. The summed E-state index contributed by atoms with van der Waals surface area (Å²) >= 11 is 0. The summed E-state index contributed by atoms with van der Waals surface area (Å²) in [6.07, 6.45) is 2.33. The Hall–Kier alpha value is -1.91. The molecule has 1 saturated carbocycles. The summed E-state index contributed by atoms with van der Waals surface area (Å²) in [6.45, 7) is 7.48. The van der Waals surface area contributed by atoms with Crippen LogP contribution in [-0.2, 0) is 19.1 Å². The average molecular weight is 303 g/mol. The van der Waals surface area contributed by atoms with Crippen molar-refractivity contribution in [2.24, 2.45) is 10.8 Å². The van der Waals surface area contributed by atoms with E-state index in [4.69, 9.17) is 9.47 Å². The zero-order valence-electron chi connectivity index (χ0n) is 13.4. The number of nitrogens with zero attached hydrogens (tertiary/aromatic N) is 1. The van der Waals surface area contributed by atoms with Crippen molar-refractivity contribution in [1.29, 1.82) is 0 Å². The maximum absolute atomic E-state index is 12.8. The summed E-state index contributed by atoms with van der Waals surface area (Å²) in [5, 5.41) is 0. The Labute approximate surface area is 130 Å². The number of esters is 2. The fourth-order valence-corrected chi connectivity index (χ4v) is 3.63. The third kappa shape index (κ3) is 1.68. The number of ether oxygens (including phenoxy) is 2. The molecular formula is C17H21NO4. The molecule has 5 heteroatoms. The first-order valence-electron chi connectivity index (χ1n) is 7.60. The van der Waals surface area contributed by atoms with E-state index in [9.17, 15) is 9.59 Å². The molecular weight excluding hydrogens is 282 g/mol. The Balaban J connectivity index is 1.85. The summed E-state index contributed by atoms with van der Waals surface area (Å²) in [5.41, 5.74) is -1.71. The molecule has 0 unspecified atom stereocenters. The van der Waals surface area contributed by atoms with Crippen molar-refractivity contribution in [1.82, 2.24) is 4.98 Å². The smallest absolute Gasteiger partial charge is 0.351 e. The molecule has 1 aliphatic heterocycles. The van der Waals surface area contributed by atoms with Gasteiger partial charge in [-0.25, -0.2) is 4.79 Å². The molecule has 2 fully saturated rings. The third-order valence-corrected chi connectivity index (χ3v) is 5.80. The summed E-state index contributed by atoms with van der Waals surface area (Å²) in [7, 11) is 0. The molecule has 0 spiro atoms. The zero-order valence-corrected chi connectivity index (χ0v) is 13.4. The maximum atomic E-state index is 12.8. The van der Waals surface area contributed by atoms with Gasteiger partial charge in [0.1, 0.15) is 6.10 Å². The van der Waals surface area contributed by atoms with Crippen molar-refractivity contribution >= 4 is 11.9 Å². The Morgan fingerprint density at radius 3 is 2.55 bits per heavy atom. The molecule has 0 amide bonds. The van der Waals surface area contributed by atoms with Crippen LogP contribution in [0.3, 0.4) is 0 Å². The highest BCUT2D eigenvalue weighted by Crippen LogP contribution is 2.65. The van der Waals surface area contributed by atoms with Crippen LogP contribution >= 0.6 is 0 Å².